The van der Waals surface area contributed by atoms with Gasteiger partial charge in [-0.1, -0.05) is 30.3 Å². The van der Waals surface area contributed by atoms with E-state index in [4.69, 9.17) is 0 Å². The second-order valence-corrected chi connectivity index (χ2v) is 2.97. The van der Waals surface area contributed by atoms with Gasteiger partial charge in [-0.2, -0.15) is 12.6 Å². The molecule has 2 N–H and O–H groups in total. The first kappa shape index (κ1) is 9.58. The molecule has 0 bridgehead atoms. The van der Waals surface area contributed by atoms with E-state index in [-0.39, 0.29) is 5.75 Å². The van der Waals surface area contributed by atoms with Crippen LogP contribution in [0.3, 0.4) is 0 Å². The van der Waals surface area contributed by atoms with Crippen molar-refractivity contribution in [1.82, 2.24) is 0 Å². The third-order valence-electron chi connectivity index (χ3n) is 1.69. The van der Waals surface area contributed by atoms with Gasteiger partial charge in [0, 0.05) is 5.75 Å². The number of thiol groups is 1. The Morgan fingerprint density at radius 2 is 1.75 bits per heavy atom. The Bertz CT molecular complexity index is 225. The fourth-order valence-corrected chi connectivity index (χ4v) is 1.17. The van der Waals surface area contributed by atoms with E-state index in [0.29, 0.717) is 0 Å². The number of aliphatic hydroxyl groups is 2. The van der Waals surface area contributed by atoms with E-state index >= 15 is 0 Å². The Labute approximate surface area is 77.3 Å². The highest BCUT2D eigenvalue weighted by atomic mass is 32.1. The molecule has 0 aromatic heterocycles. The average Bonchev–Trinajstić information content (AvgIpc) is 2.17. The van der Waals surface area contributed by atoms with Crippen molar-refractivity contribution in [2.24, 2.45) is 0 Å². The Balaban J connectivity index is 2.71. The van der Waals surface area contributed by atoms with Gasteiger partial charge < -0.3 is 10.2 Å². The van der Waals surface area contributed by atoms with Crippen LogP contribution in [-0.2, 0) is 0 Å². The predicted octanol–water partition coefficient (Wildman–Crippen LogP) is 1.01. The number of hydrogen-bond donors (Lipinski definition) is 3. The molecule has 0 saturated heterocycles. The van der Waals surface area contributed by atoms with Crippen molar-refractivity contribution in [3.63, 3.8) is 0 Å². The zero-order chi connectivity index (χ0) is 8.97. The summed E-state index contributed by atoms with van der Waals surface area (Å²) in [6, 6.07) is 9.06. The van der Waals surface area contributed by atoms with E-state index in [0.717, 1.165) is 5.56 Å². The number of benzene rings is 1. The Morgan fingerprint density at radius 3 is 2.25 bits per heavy atom. The number of aliphatic hydroxyl groups excluding tert-OH is 2. The molecular weight excluding hydrogens is 172 g/mol. The molecule has 3 heteroatoms. The minimum Gasteiger partial charge on any atom is -0.389 e. The summed E-state index contributed by atoms with van der Waals surface area (Å²) in [7, 11) is 0. The smallest absolute Gasteiger partial charge is 0.106 e. The molecular formula is C9H12O2S. The molecule has 0 amide bonds. The molecule has 1 aromatic carbocycles. The number of hydrogen-bond acceptors (Lipinski definition) is 3. The van der Waals surface area contributed by atoms with Gasteiger partial charge in [-0.05, 0) is 5.56 Å². The third kappa shape index (κ3) is 2.24. The second kappa shape index (κ2) is 4.50. The van der Waals surface area contributed by atoms with Crippen LogP contribution >= 0.6 is 12.6 Å². The van der Waals surface area contributed by atoms with Crippen LogP contribution in [0.5, 0.6) is 0 Å². The highest BCUT2D eigenvalue weighted by molar-refractivity contribution is 7.80. The van der Waals surface area contributed by atoms with E-state index in [9.17, 15) is 10.2 Å². The van der Waals surface area contributed by atoms with Crippen molar-refractivity contribution >= 4 is 12.6 Å². The normalized spacial score (nSPS) is 15.6. The van der Waals surface area contributed by atoms with Crippen molar-refractivity contribution in [1.29, 1.82) is 0 Å². The highest BCUT2D eigenvalue weighted by Gasteiger charge is 2.15. The molecule has 0 spiro atoms. The lowest BCUT2D eigenvalue weighted by Crippen LogP contribution is -2.19. The lowest BCUT2D eigenvalue weighted by Gasteiger charge is -2.15. The maximum absolute atomic E-state index is 9.49. The van der Waals surface area contributed by atoms with Crippen LogP contribution in [0.2, 0.25) is 0 Å². The molecule has 0 fully saturated rings. The quantitative estimate of drug-likeness (QED) is 0.614. The van der Waals surface area contributed by atoms with E-state index in [1.165, 1.54) is 0 Å². The summed E-state index contributed by atoms with van der Waals surface area (Å²) in [4.78, 5) is 0. The van der Waals surface area contributed by atoms with Gasteiger partial charge in [-0.15, -0.1) is 0 Å². The molecule has 0 heterocycles. The van der Waals surface area contributed by atoms with Crippen molar-refractivity contribution in [3.05, 3.63) is 35.9 Å². The fraction of sp³-hybridized carbons (Fsp3) is 0.333. The Hall–Kier alpha value is -0.510. The lowest BCUT2D eigenvalue weighted by molar-refractivity contribution is 0.0337. The van der Waals surface area contributed by atoms with Crippen molar-refractivity contribution in [2.75, 3.05) is 5.75 Å². The Kier molecular flexibility index (Phi) is 3.59. The maximum atomic E-state index is 9.49. The summed E-state index contributed by atoms with van der Waals surface area (Å²) >= 11 is 3.90. The molecule has 0 aliphatic carbocycles. The van der Waals surface area contributed by atoms with Gasteiger partial charge in [0.2, 0.25) is 0 Å². The molecule has 0 aliphatic rings. The predicted molar refractivity (Wildman–Crippen MR) is 51.3 cm³/mol. The molecule has 2 atom stereocenters. The van der Waals surface area contributed by atoms with Crippen LogP contribution in [0, 0.1) is 0 Å². The molecule has 0 saturated carbocycles. The van der Waals surface area contributed by atoms with E-state index in [2.05, 4.69) is 12.6 Å². The van der Waals surface area contributed by atoms with Crippen molar-refractivity contribution in [3.8, 4) is 0 Å². The van der Waals surface area contributed by atoms with Crippen LogP contribution < -0.4 is 0 Å². The number of rotatable bonds is 3. The summed E-state index contributed by atoms with van der Waals surface area (Å²) < 4.78 is 0. The van der Waals surface area contributed by atoms with Gasteiger partial charge in [-0.25, -0.2) is 0 Å². The van der Waals surface area contributed by atoms with E-state index < -0.39 is 12.2 Å². The summed E-state index contributed by atoms with van der Waals surface area (Å²) in [6.45, 7) is 0. The standard InChI is InChI=1S/C9H12O2S/c10-8(6-12)9(11)7-4-2-1-3-5-7/h1-5,8-12H,6H2. The first-order valence-corrected chi connectivity index (χ1v) is 4.41. The van der Waals surface area contributed by atoms with Gasteiger partial charge in [0.05, 0.1) is 6.10 Å². The molecule has 12 heavy (non-hydrogen) atoms. The summed E-state index contributed by atoms with van der Waals surface area (Å²) in [5.74, 6) is 0.260. The zero-order valence-corrected chi connectivity index (χ0v) is 7.48. The molecule has 0 aliphatic heterocycles. The van der Waals surface area contributed by atoms with Gasteiger partial charge >= 0.3 is 0 Å². The first-order valence-electron chi connectivity index (χ1n) is 3.77. The average molecular weight is 184 g/mol. The first-order chi connectivity index (χ1) is 5.75. The van der Waals surface area contributed by atoms with E-state index in [1.807, 2.05) is 18.2 Å². The largest absolute Gasteiger partial charge is 0.389 e. The summed E-state index contributed by atoms with van der Waals surface area (Å²) in [5.41, 5.74) is 0.721. The molecule has 2 nitrogen and oxygen atoms in total. The van der Waals surface area contributed by atoms with Crippen LogP contribution in [0.1, 0.15) is 11.7 Å². The summed E-state index contributed by atoms with van der Waals surface area (Å²) in [6.07, 6.45) is -1.63. The SMILES string of the molecule is OC(CS)C(O)c1ccccc1. The van der Waals surface area contributed by atoms with Crippen molar-refractivity contribution in [2.45, 2.75) is 12.2 Å². The van der Waals surface area contributed by atoms with Gasteiger partial charge in [0.1, 0.15) is 6.10 Å². The minimum absolute atomic E-state index is 0.260. The van der Waals surface area contributed by atoms with Gasteiger partial charge in [-0.3, -0.25) is 0 Å². The molecule has 0 radical (unpaired) electrons. The van der Waals surface area contributed by atoms with Gasteiger partial charge in [0.15, 0.2) is 0 Å². The maximum Gasteiger partial charge on any atom is 0.106 e. The van der Waals surface area contributed by atoms with Crippen LogP contribution in [0.15, 0.2) is 30.3 Å². The third-order valence-corrected chi connectivity index (χ3v) is 2.07. The fourth-order valence-electron chi connectivity index (χ4n) is 0.972. The molecule has 2 unspecified atom stereocenters. The monoisotopic (exact) mass is 184 g/mol. The zero-order valence-electron chi connectivity index (χ0n) is 6.59. The molecule has 66 valence electrons. The summed E-state index contributed by atoms with van der Waals surface area (Å²) in [5, 5.41) is 18.7. The van der Waals surface area contributed by atoms with Gasteiger partial charge in [0.25, 0.3) is 0 Å². The van der Waals surface area contributed by atoms with Crippen LogP contribution in [0.4, 0.5) is 0 Å². The van der Waals surface area contributed by atoms with Crippen LogP contribution in [0.25, 0.3) is 0 Å². The lowest BCUT2D eigenvalue weighted by atomic mass is 10.1. The topological polar surface area (TPSA) is 40.5 Å². The second-order valence-electron chi connectivity index (χ2n) is 2.61. The Morgan fingerprint density at radius 1 is 1.17 bits per heavy atom. The van der Waals surface area contributed by atoms with Crippen LogP contribution in [-0.4, -0.2) is 22.1 Å². The molecule has 1 aromatic rings. The highest BCUT2D eigenvalue weighted by Crippen LogP contribution is 2.16. The van der Waals surface area contributed by atoms with Crippen molar-refractivity contribution < 1.29 is 10.2 Å². The molecule has 1 rings (SSSR count). The van der Waals surface area contributed by atoms with E-state index in [1.54, 1.807) is 12.1 Å². The minimum atomic E-state index is -0.830.